The van der Waals surface area contributed by atoms with E-state index >= 15 is 0 Å². The third-order valence-corrected chi connectivity index (χ3v) is 5.77. The molecule has 0 amide bonds. The van der Waals surface area contributed by atoms with Gasteiger partial charge in [-0.25, -0.2) is 4.98 Å². The number of nitrogens with zero attached hydrogens (tertiary/aromatic N) is 3. The van der Waals surface area contributed by atoms with Crippen LogP contribution in [0.15, 0.2) is 30.3 Å². The summed E-state index contributed by atoms with van der Waals surface area (Å²) in [5.74, 6) is 2.40. The smallest absolute Gasteiger partial charge is 0.169 e. The number of hydrogen-bond donors (Lipinski definition) is 0. The third-order valence-electron chi connectivity index (χ3n) is 4.55. The zero-order chi connectivity index (χ0) is 18.8. The molecule has 1 aromatic carbocycles. The van der Waals surface area contributed by atoms with E-state index in [1.165, 1.54) is 11.5 Å². The molecule has 1 saturated heterocycles. The molecular weight excluding hydrogens is 386 g/mol. The van der Waals surface area contributed by atoms with E-state index in [1.807, 2.05) is 30.3 Å². The minimum atomic E-state index is 0.239. The molecule has 1 aliphatic heterocycles. The maximum absolute atomic E-state index is 6.27. The van der Waals surface area contributed by atoms with Gasteiger partial charge in [-0.2, -0.15) is 4.37 Å². The Kier molecular flexibility index (Phi) is 5.33. The SMILES string of the molecule is COc1ccc(COc2cc(N3CCOCC3C)nc3c(Cl)nsc23)cc1. The largest absolute Gasteiger partial charge is 0.497 e. The van der Waals surface area contributed by atoms with Crippen LogP contribution in [0.1, 0.15) is 12.5 Å². The van der Waals surface area contributed by atoms with Gasteiger partial charge in [0.2, 0.25) is 0 Å². The predicted octanol–water partition coefficient (Wildman–Crippen LogP) is 4.16. The molecule has 2 aromatic heterocycles. The summed E-state index contributed by atoms with van der Waals surface area (Å²) in [5.41, 5.74) is 1.74. The fraction of sp³-hybridized carbons (Fsp3) is 0.368. The van der Waals surface area contributed by atoms with Crippen LogP contribution in [-0.2, 0) is 11.3 Å². The average molecular weight is 406 g/mol. The molecule has 3 aromatic rings. The summed E-state index contributed by atoms with van der Waals surface area (Å²) in [6, 6.07) is 10.0. The predicted molar refractivity (Wildman–Crippen MR) is 107 cm³/mol. The van der Waals surface area contributed by atoms with E-state index in [9.17, 15) is 0 Å². The molecule has 1 unspecified atom stereocenters. The number of benzene rings is 1. The number of methoxy groups -OCH3 is 1. The standard InChI is InChI=1S/C19H20ClN3O3S/c1-12-10-25-8-7-23(12)16-9-15(18-17(21-16)19(20)22-27-18)26-11-13-3-5-14(24-2)6-4-13/h3-6,9,12H,7-8,10-11H2,1-2H3. The quantitative estimate of drug-likeness (QED) is 0.635. The number of fused-ring (bicyclic) bond motifs is 1. The van der Waals surface area contributed by atoms with Crippen molar-refractivity contribution >= 4 is 39.2 Å². The normalized spacial score (nSPS) is 17.3. The number of rotatable bonds is 5. The molecule has 3 heterocycles. The molecular formula is C19H20ClN3O3S. The van der Waals surface area contributed by atoms with E-state index in [2.05, 4.69) is 16.2 Å². The van der Waals surface area contributed by atoms with Gasteiger partial charge >= 0.3 is 0 Å². The Hall–Kier alpha value is -2.09. The van der Waals surface area contributed by atoms with Gasteiger partial charge in [0.25, 0.3) is 0 Å². The number of halogens is 1. The summed E-state index contributed by atoms with van der Waals surface area (Å²) in [6.07, 6.45) is 0. The fourth-order valence-corrected chi connectivity index (χ4v) is 4.05. The van der Waals surface area contributed by atoms with E-state index in [1.54, 1.807) is 7.11 Å². The van der Waals surface area contributed by atoms with Crippen LogP contribution in [0, 0.1) is 0 Å². The lowest BCUT2D eigenvalue weighted by molar-refractivity contribution is 0.0985. The second-order valence-corrected chi connectivity index (χ2v) is 7.52. The van der Waals surface area contributed by atoms with Crippen molar-refractivity contribution in [3.8, 4) is 11.5 Å². The van der Waals surface area contributed by atoms with Crippen molar-refractivity contribution in [3.05, 3.63) is 41.0 Å². The lowest BCUT2D eigenvalue weighted by atomic mass is 10.2. The molecule has 1 aliphatic rings. The minimum absolute atomic E-state index is 0.239. The topological polar surface area (TPSA) is 56.7 Å². The van der Waals surface area contributed by atoms with Gasteiger partial charge in [-0.05, 0) is 36.2 Å². The molecule has 27 heavy (non-hydrogen) atoms. The van der Waals surface area contributed by atoms with Crippen LogP contribution < -0.4 is 14.4 Å². The molecule has 0 bridgehead atoms. The van der Waals surface area contributed by atoms with Crippen LogP contribution in [-0.4, -0.2) is 42.3 Å². The lowest BCUT2D eigenvalue weighted by Gasteiger charge is -2.34. The first-order valence-electron chi connectivity index (χ1n) is 8.71. The Labute approximate surface area is 166 Å². The second kappa shape index (κ2) is 7.88. The molecule has 0 spiro atoms. The van der Waals surface area contributed by atoms with Gasteiger partial charge in [-0.3, -0.25) is 0 Å². The van der Waals surface area contributed by atoms with Gasteiger partial charge in [-0.15, -0.1) is 0 Å². The zero-order valence-corrected chi connectivity index (χ0v) is 16.7. The Bertz CT molecular complexity index is 932. The zero-order valence-electron chi connectivity index (χ0n) is 15.1. The fourth-order valence-electron chi connectivity index (χ4n) is 3.06. The highest BCUT2D eigenvalue weighted by Crippen LogP contribution is 2.36. The molecule has 0 radical (unpaired) electrons. The Morgan fingerprint density at radius 2 is 2.15 bits per heavy atom. The third kappa shape index (κ3) is 3.81. The Morgan fingerprint density at radius 3 is 2.89 bits per heavy atom. The maximum atomic E-state index is 6.27. The monoisotopic (exact) mass is 405 g/mol. The van der Waals surface area contributed by atoms with Crippen LogP contribution in [0.2, 0.25) is 5.15 Å². The van der Waals surface area contributed by atoms with Gasteiger partial charge in [0.1, 0.15) is 34.1 Å². The summed E-state index contributed by atoms with van der Waals surface area (Å²) in [4.78, 5) is 6.96. The molecule has 142 valence electrons. The molecule has 1 fully saturated rings. The summed E-state index contributed by atoms with van der Waals surface area (Å²) in [5, 5.41) is 0.409. The van der Waals surface area contributed by atoms with Crippen molar-refractivity contribution < 1.29 is 14.2 Å². The highest BCUT2D eigenvalue weighted by molar-refractivity contribution is 7.14. The first kappa shape index (κ1) is 18.3. The molecule has 4 rings (SSSR count). The number of anilines is 1. The average Bonchev–Trinajstić information content (AvgIpc) is 3.08. The molecule has 1 atom stereocenters. The van der Waals surface area contributed by atoms with Gasteiger partial charge in [0, 0.05) is 12.6 Å². The summed E-state index contributed by atoms with van der Waals surface area (Å²) < 4.78 is 22.0. The summed E-state index contributed by atoms with van der Waals surface area (Å²) >= 11 is 7.57. The van der Waals surface area contributed by atoms with Gasteiger partial charge in [-0.1, -0.05) is 23.7 Å². The van der Waals surface area contributed by atoms with Crippen LogP contribution >= 0.6 is 23.1 Å². The van der Waals surface area contributed by atoms with Crippen molar-refractivity contribution in [2.75, 3.05) is 31.8 Å². The van der Waals surface area contributed by atoms with E-state index in [4.69, 9.17) is 30.8 Å². The van der Waals surface area contributed by atoms with Crippen LogP contribution in [0.5, 0.6) is 11.5 Å². The molecule has 0 aliphatic carbocycles. The van der Waals surface area contributed by atoms with E-state index in [0.717, 1.165) is 34.1 Å². The van der Waals surface area contributed by atoms with Crippen LogP contribution in [0.25, 0.3) is 10.2 Å². The van der Waals surface area contributed by atoms with E-state index in [-0.39, 0.29) is 6.04 Å². The van der Waals surface area contributed by atoms with Gasteiger partial charge in [0.05, 0.1) is 26.4 Å². The second-order valence-electron chi connectivity index (χ2n) is 6.38. The Morgan fingerprint density at radius 1 is 1.33 bits per heavy atom. The highest BCUT2D eigenvalue weighted by atomic mass is 35.5. The van der Waals surface area contributed by atoms with Crippen LogP contribution in [0.3, 0.4) is 0 Å². The van der Waals surface area contributed by atoms with Crippen molar-refractivity contribution in [2.24, 2.45) is 0 Å². The number of aromatic nitrogens is 2. The van der Waals surface area contributed by atoms with E-state index in [0.29, 0.717) is 30.5 Å². The van der Waals surface area contributed by atoms with Crippen LogP contribution in [0.4, 0.5) is 5.82 Å². The van der Waals surface area contributed by atoms with Crippen molar-refractivity contribution in [2.45, 2.75) is 19.6 Å². The summed E-state index contributed by atoms with van der Waals surface area (Å²) in [6.45, 7) is 4.71. The van der Waals surface area contributed by atoms with Crippen molar-refractivity contribution in [1.29, 1.82) is 0 Å². The number of pyridine rings is 1. The maximum Gasteiger partial charge on any atom is 0.169 e. The Balaban J connectivity index is 1.63. The first-order valence-corrected chi connectivity index (χ1v) is 9.87. The van der Waals surface area contributed by atoms with Gasteiger partial charge < -0.3 is 19.1 Å². The summed E-state index contributed by atoms with van der Waals surface area (Å²) in [7, 11) is 1.65. The molecule has 0 N–H and O–H groups in total. The number of morpholine rings is 1. The van der Waals surface area contributed by atoms with Crippen molar-refractivity contribution in [3.63, 3.8) is 0 Å². The van der Waals surface area contributed by atoms with E-state index < -0.39 is 0 Å². The number of hydrogen-bond acceptors (Lipinski definition) is 7. The molecule has 6 nitrogen and oxygen atoms in total. The lowest BCUT2D eigenvalue weighted by Crippen LogP contribution is -2.44. The van der Waals surface area contributed by atoms with Crippen molar-refractivity contribution in [1.82, 2.24) is 9.36 Å². The molecule has 0 saturated carbocycles. The van der Waals surface area contributed by atoms with Gasteiger partial charge in [0.15, 0.2) is 5.15 Å². The first-order chi connectivity index (χ1) is 13.2. The minimum Gasteiger partial charge on any atom is -0.497 e. The molecule has 8 heteroatoms. The highest BCUT2D eigenvalue weighted by Gasteiger charge is 2.23. The number of ether oxygens (including phenoxy) is 3.